The maximum absolute atomic E-state index is 12.7. The molecule has 3 rings (SSSR count). The normalized spacial score (nSPS) is 17.6. The monoisotopic (exact) mass is 329 g/mol. The lowest BCUT2D eigenvalue weighted by Gasteiger charge is -2.23. The molecule has 1 atom stereocenters. The second kappa shape index (κ2) is 6.98. The minimum Gasteiger partial charge on any atom is -0.332 e. The van der Waals surface area contributed by atoms with Crippen molar-refractivity contribution >= 4 is 5.91 Å². The van der Waals surface area contributed by atoms with E-state index in [4.69, 9.17) is 0 Å². The van der Waals surface area contributed by atoms with Crippen molar-refractivity contribution in [1.82, 2.24) is 24.6 Å². The SMILES string of the molecule is CC(C)Cn1[nH]c(CC(=O)N2CCCC2c2ncccn2)cc1=O. The molecular weight excluding hydrogens is 306 g/mol. The first-order valence-corrected chi connectivity index (χ1v) is 8.39. The van der Waals surface area contributed by atoms with Crippen molar-refractivity contribution in [3.8, 4) is 0 Å². The first-order chi connectivity index (χ1) is 11.5. The van der Waals surface area contributed by atoms with Gasteiger partial charge < -0.3 is 4.90 Å². The highest BCUT2D eigenvalue weighted by Gasteiger charge is 2.31. The Bertz CT molecular complexity index is 750. The lowest BCUT2D eigenvalue weighted by Crippen LogP contribution is -2.32. The molecule has 1 fully saturated rings. The number of H-pyrrole nitrogens is 1. The summed E-state index contributed by atoms with van der Waals surface area (Å²) >= 11 is 0. The van der Waals surface area contributed by atoms with Crippen molar-refractivity contribution in [3.05, 3.63) is 46.4 Å². The summed E-state index contributed by atoms with van der Waals surface area (Å²) in [5.74, 6) is 1.06. The summed E-state index contributed by atoms with van der Waals surface area (Å²) < 4.78 is 1.56. The Morgan fingerprint density at radius 2 is 2.12 bits per heavy atom. The molecule has 3 heterocycles. The first-order valence-electron chi connectivity index (χ1n) is 8.39. The van der Waals surface area contributed by atoms with Crippen LogP contribution in [0.4, 0.5) is 0 Å². The van der Waals surface area contributed by atoms with E-state index in [2.05, 4.69) is 15.1 Å². The average Bonchev–Trinajstić information content (AvgIpc) is 3.15. The van der Waals surface area contributed by atoms with Crippen LogP contribution in [0.25, 0.3) is 0 Å². The van der Waals surface area contributed by atoms with Crippen LogP contribution < -0.4 is 5.56 Å². The highest BCUT2D eigenvalue weighted by molar-refractivity contribution is 5.79. The Morgan fingerprint density at radius 3 is 2.83 bits per heavy atom. The maximum Gasteiger partial charge on any atom is 0.266 e. The zero-order chi connectivity index (χ0) is 17.1. The smallest absolute Gasteiger partial charge is 0.266 e. The van der Waals surface area contributed by atoms with Crippen LogP contribution >= 0.6 is 0 Å². The summed E-state index contributed by atoms with van der Waals surface area (Å²) in [6.45, 7) is 5.43. The van der Waals surface area contributed by atoms with Gasteiger partial charge in [-0.1, -0.05) is 13.8 Å². The number of amides is 1. The van der Waals surface area contributed by atoms with Crippen LogP contribution in [0.2, 0.25) is 0 Å². The molecule has 0 radical (unpaired) electrons. The first kappa shape index (κ1) is 16.4. The maximum atomic E-state index is 12.7. The third-order valence-electron chi connectivity index (χ3n) is 4.19. The molecule has 1 aliphatic heterocycles. The standard InChI is InChI=1S/C17H23N5O2/c1-12(2)11-22-16(24)10-13(20-22)9-15(23)21-8-3-5-14(21)17-18-6-4-7-19-17/h4,6-7,10,12,14,20H,3,5,8-9,11H2,1-2H3. The van der Waals surface area contributed by atoms with Gasteiger partial charge in [0, 0.05) is 37.2 Å². The Kier molecular flexibility index (Phi) is 4.78. The summed E-state index contributed by atoms with van der Waals surface area (Å²) in [4.78, 5) is 35.0. The Labute approximate surface area is 140 Å². The van der Waals surface area contributed by atoms with E-state index in [-0.39, 0.29) is 23.9 Å². The molecule has 24 heavy (non-hydrogen) atoms. The number of nitrogens with zero attached hydrogens (tertiary/aromatic N) is 4. The average molecular weight is 329 g/mol. The number of carbonyl (C=O) groups excluding carboxylic acids is 1. The summed E-state index contributed by atoms with van der Waals surface area (Å²) in [7, 11) is 0. The number of aromatic amines is 1. The molecule has 0 saturated carbocycles. The molecular formula is C17H23N5O2. The van der Waals surface area contributed by atoms with Crippen molar-refractivity contribution in [2.24, 2.45) is 5.92 Å². The highest BCUT2D eigenvalue weighted by Crippen LogP contribution is 2.29. The number of hydrogen-bond donors (Lipinski definition) is 1. The van der Waals surface area contributed by atoms with Crippen molar-refractivity contribution < 1.29 is 4.79 Å². The second-order valence-electron chi connectivity index (χ2n) is 6.65. The zero-order valence-electron chi connectivity index (χ0n) is 14.1. The van der Waals surface area contributed by atoms with Gasteiger partial charge in [-0.25, -0.2) is 9.97 Å². The second-order valence-corrected chi connectivity index (χ2v) is 6.65. The van der Waals surface area contributed by atoms with Crippen LogP contribution in [0.1, 0.15) is 44.2 Å². The molecule has 0 aliphatic carbocycles. The van der Waals surface area contributed by atoms with E-state index in [0.29, 0.717) is 30.5 Å². The van der Waals surface area contributed by atoms with Gasteiger partial charge in [0.15, 0.2) is 5.82 Å². The third kappa shape index (κ3) is 3.55. The fourth-order valence-corrected chi connectivity index (χ4v) is 3.16. The molecule has 128 valence electrons. The molecule has 1 unspecified atom stereocenters. The van der Waals surface area contributed by atoms with Gasteiger partial charge in [-0.3, -0.25) is 19.4 Å². The van der Waals surface area contributed by atoms with Crippen LogP contribution in [0, 0.1) is 5.92 Å². The predicted octanol–water partition coefficient (Wildman–Crippen LogP) is 1.53. The van der Waals surface area contributed by atoms with Crippen LogP contribution in [0.5, 0.6) is 0 Å². The zero-order valence-corrected chi connectivity index (χ0v) is 14.1. The van der Waals surface area contributed by atoms with E-state index in [1.807, 2.05) is 18.7 Å². The predicted molar refractivity (Wildman–Crippen MR) is 89.3 cm³/mol. The molecule has 2 aromatic heterocycles. The van der Waals surface area contributed by atoms with Crippen LogP contribution in [0.3, 0.4) is 0 Å². The number of aromatic nitrogens is 4. The van der Waals surface area contributed by atoms with Crippen LogP contribution in [0.15, 0.2) is 29.3 Å². The number of hydrogen-bond acceptors (Lipinski definition) is 4. The van der Waals surface area contributed by atoms with E-state index in [1.54, 1.807) is 23.1 Å². The number of nitrogens with one attached hydrogen (secondary N) is 1. The van der Waals surface area contributed by atoms with E-state index in [1.165, 1.54) is 6.07 Å². The van der Waals surface area contributed by atoms with Crippen molar-refractivity contribution in [2.45, 2.75) is 45.7 Å². The lowest BCUT2D eigenvalue weighted by atomic mass is 10.2. The number of likely N-dealkylation sites (tertiary alicyclic amines) is 1. The van der Waals surface area contributed by atoms with Crippen LogP contribution in [-0.4, -0.2) is 37.1 Å². The largest absolute Gasteiger partial charge is 0.332 e. The van der Waals surface area contributed by atoms with Gasteiger partial charge in [-0.05, 0) is 24.8 Å². The summed E-state index contributed by atoms with van der Waals surface area (Å²) in [5, 5.41) is 3.05. The van der Waals surface area contributed by atoms with E-state index in [0.717, 1.165) is 12.8 Å². The molecule has 2 aromatic rings. The Balaban J connectivity index is 1.71. The van der Waals surface area contributed by atoms with Crippen molar-refractivity contribution in [3.63, 3.8) is 0 Å². The van der Waals surface area contributed by atoms with Crippen molar-refractivity contribution in [2.75, 3.05) is 6.54 Å². The molecule has 1 amide bonds. The van der Waals surface area contributed by atoms with Crippen molar-refractivity contribution in [1.29, 1.82) is 0 Å². The summed E-state index contributed by atoms with van der Waals surface area (Å²) in [6.07, 6.45) is 5.42. The van der Waals surface area contributed by atoms with E-state index >= 15 is 0 Å². The number of carbonyl (C=O) groups is 1. The molecule has 1 N–H and O–H groups in total. The van der Waals surface area contributed by atoms with Gasteiger partial charge in [-0.2, -0.15) is 0 Å². The Morgan fingerprint density at radius 1 is 1.38 bits per heavy atom. The Hall–Kier alpha value is -2.44. The van der Waals surface area contributed by atoms with Crippen LogP contribution in [-0.2, 0) is 17.8 Å². The molecule has 0 spiro atoms. The van der Waals surface area contributed by atoms with Gasteiger partial charge in [0.25, 0.3) is 5.56 Å². The lowest BCUT2D eigenvalue weighted by molar-refractivity contribution is -0.131. The highest BCUT2D eigenvalue weighted by atomic mass is 16.2. The molecule has 7 nitrogen and oxygen atoms in total. The molecule has 7 heteroatoms. The van der Waals surface area contributed by atoms with Gasteiger partial charge in [-0.15, -0.1) is 0 Å². The molecule has 0 aromatic carbocycles. The van der Waals surface area contributed by atoms with Gasteiger partial charge in [0.1, 0.15) is 0 Å². The number of rotatable bonds is 5. The van der Waals surface area contributed by atoms with E-state index in [9.17, 15) is 9.59 Å². The van der Waals surface area contributed by atoms with E-state index < -0.39 is 0 Å². The minimum absolute atomic E-state index is 0.00269. The molecule has 1 aliphatic rings. The molecule has 0 bridgehead atoms. The third-order valence-corrected chi connectivity index (χ3v) is 4.19. The molecule has 1 saturated heterocycles. The topological polar surface area (TPSA) is 83.9 Å². The van der Waals surface area contributed by atoms with Gasteiger partial charge in [0.05, 0.1) is 12.5 Å². The minimum atomic E-state index is -0.0872. The fourth-order valence-electron chi connectivity index (χ4n) is 3.16. The summed E-state index contributed by atoms with van der Waals surface area (Å²) in [6, 6.07) is 3.22. The van der Waals surface area contributed by atoms with Gasteiger partial charge in [0.2, 0.25) is 5.91 Å². The summed E-state index contributed by atoms with van der Waals surface area (Å²) in [5.41, 5.74) is 0.571. The fraction of sp³-hybridized carbons (Fsp3) is 0.529. The quantitative estimate of drug-likeness (QED) is 0.901. The van der Waals surface area contributed by atoms with Gasteiger partial charge >= 0.3 is 0 Å².